The van der Waals surface area contributed by atoms with Gasteiger partial charge >= 0.3 is 0 Å². The van der Waals surface area contributed by atoms with Crippen LogP contribution in [0.25, 0.3) is 0 Å². The average Bonchev–Trinajstić information content (AvgIpc) is 2.87. The molecule has 3 aromatic carbocycles. The molecule has 0 radical (unpaired) electrons. The van der Waals surface area contributed by atoms with Crippen molar-refractivity contribution in [3.05, 3.63) is 94.8 Å². The van der Waals surface area contributed by atoms with Crippen LogP contribution in [0.1, 0.15) is 56.4 Å². The molecule has 0 aliphatic rings. The minimum Gasteiger partial charge on any atom is -0.350 e. The highest BCUT2D eigenvalue weighted by Gasteiger charge is 2.35. The van der Waals surface area contributed by atoms with Crippen LogP contribution < -0.4 is 9.62 Å². The highest BCUT2D eigenvalue weighted by Crippen LogP contribution is 2.28. The van der Waals surface area contributed by atoms with Crippen molar-refractivity contribution in [1.29, 1.82) is 0 Å². The minimum absolute atomic E-state index is 0.000478. The third-order valence-electron chi connectivity index (χ3n) is 6.66. The van der Waals surface area contributed by atoms with E-state index < -0.39 is 39.9 Å². The van der Waals surface area contributed by atoms with Gasteiger partial charge in [0.05, 0.1) is 10.6 Å². The Balaban J connectivity index is 2.10. The summed E-state index contributed by atoms with van der Waals surface area (Å²) in [4.78, 5) is 29.0. The number of carbonyl (C=O) groups excluding carboxylic acids is 2. The van der Waals surface area contributed by atoms with Crippen LogP contribution in [0.2, 0.25) is 0 Å². The Hall–Kier alpha value is -3.72. The normalized spacial score (nSPS) is 12.5. The van der Waals surface area contributed by atoms with Crippen molar-refractivity contribution in [3.63, 3.8) is 0 Å². The Morgan fingerprint density at radius 2 is 1.49 bits per heavy atom. The molecule has 0 bridgehead atoms. The van der Waals surface area contributed by atoms with Crippen molar-refractivity contribution >= 4 is 27.5 Å². The Morgan fingerprint density at radius 3 is 2.02 bits per heavy atom. The van der Waals surface area contributed by atoms with Crippen LogP contribution in [-0.2, 0) is 26.2 Å². The summed E-state index contributed by atoms with van der Waals surface area (Å²) in [5.74, 6) is -1.33. The summed E-state index contributed by atoms with van der Waals surface area (Å²) in [5, 5.41) is 2.94. The Kier molecular flexibility index (Phi) is 9.97. The predicted octanol–water partition coefficient (Wildman–Crippen LogP) is 5.67. The fourth-order valence-electron chi connectivity index (χ4n) is 4.59. The SMILES string of the molecule is CCC(C(=O)NC(C)(C)C)N(Cc1ccc(F)cc1)C(=O)CN(c1ccc(C)cc1C)S(=O)(=O)c1ccc(C)cc1. The van der Waals surface area contributed by atoms with Crippen LogP contribution in [-0.4, -0.2) is 43.3 Å². The topological polar surface area (TPSA) is 86.8 Å². The number of anilines is 1. The molecular formula is C32H40FN3O4S. The third kappa shape index (κ3) is 8.16. The maximum Gasteiger partial charge on any atom is 0.264 e. The van der Waals surface area contributed by atoms with Crippen LogP contribution in [0.15, 0.2) is 71.6 Å². The van der Waals surface area contributed by atoms with E-state index in [1.807, 2.05) is 40.7 Å². The maximum absolute atomic E-state index is 14.1. The fraction of sp³-hybridized carbons (Fsp3) is 0.375. The zero-order valence-corrected chi connectivity index (χ0v) is 25.7. The van der Waals surface area contributed by atoms with E-state index in [0.29, 0.717) is 23.2 Å². The van der Waals surface area contributed by atoms with Crippen molar-refractivity contribution in [2.75, 3.05) is 10.8 Å². The second-order valence-electron chi connectivity index (χ2n) is 11.4. The molecule has 220 valence electrons. The summed E-state index contributed by atoms with van der Waals surface area (Å²) in [5.41, 5.74) is 2.98. The van der Waals surface area contributed by atoms with Crippen molar-refractivity contribution in [2.45, 2.75) is 77.9 Å². The molecule has 0 aliphatic heterocycles. The molecule has 9 heteroatoms. The number of carbonyl (C=O) groups is 2. The van der Waals surface area contributed by atoms with Crippen LogP contribution in [0, 0.1) is 26.6 Å². The molecule has 0 spiro atoms. The zero-order chi connectivity index (χ0) is 30.5. The number of nitrogens with one attached hydrogen (secondary N) is 1. The standard InChI is InChI=1S/C32H40FN3O4S/c1-8-28(31(38)34-32(5,6)7)35(20-25-12-14-26(33)15-13-25)30(37)21-36(29-18-11-23(3)19-24(29)4)41(39,40)27-16-9-22(2)10-17-27/h9-19,28H,8,20-21H2,1-7H3,(H,34,38). The van der Waals surface area contributed by atoms with Crippen molar-refractivity contribution in [3.8, 4) is 0 Å². The lowest BCUT2D eigenvalue weighted by atomic mass is 10.1. The number of hydrogen-bond acceptors (Lipinski definition) is 4. The van der Waals surface area contributed by atoms with E-state index >= 15 is 0 Å². The van der Waals surface area contributed by atoms with E-state index in [4.69, 9.17) is 0 Å². The molecule has 0 saturated heterocycles. The molecule has 3 aromatic rings. The van der Waals surface area contributed by atoms with Gasteiger partial charge in [0.25, 0.3) is 10.0 Å². The summed E-state index contributed by atoms with van der Waals surface area (Å²) in [7, 11) is -4.16. The summed E-state index contributed by atoms with van der Waals surface area (Å²) in [6, 6.07) is 16.6. The van der Waals surface area contributed by atoms with Crippen LogP contribution >= 0.6 is 0 Å². The first-order valence-corrected chi connectivity index (χ1v) is 15.1. The molecule has 0 heterocycles. The fourth-order valence-corrected chi connectivity index (χ4v) is 6.07. The van der Waals surface area contributed by atoms with Gasteiger partial charge in [-0.25, -0.2) is 12.8 Å². The van der Waals surface area contributed by atoms with Crippen LogP contribution in [0.5, 0.6) is 0 Å². The van der Waals surface area contributed by atoms with Crippen molar-refractivity contribution in [2.24, 2.45) is 0 Å². The van der Waals surface area contributed by atoms with Gasteiger partial charge in [0.1, 0.15) is 18.4 Å². The van der Waals surface area contributed by atoms with Gasteiger partial charge in [0.2, 0.25) is 11.8 Å². The molecule has 0 aromatic heterocycles. The monoisotopic (exact) mass is 581 g/mol. The molecule has 1 N–H and O–H groups in total. The van der Waals surface area contributed by atoms with Gasteiger partial charge in [-0.05, 0) is 89.4 Å². The van der Waals surface area contributed by atoms with E-state index in [9.17, 15) is 22.4 Å². The van der Waals surface area contributed by atoms with E-state index in [2.05, 4.69) is 5.32 Å². The second kappa shape index (κ2) is 12.9. The van der Waals surface area contributed by atoms with Gasteiger partial charge in [0, 0.05) is 12.1 Å². The summed E-state index contributed by atoms with van der Waals surface area (Å²) in [6.07, 6.45) is 0.295. The molecule has 0 saturated carbocycles. The number of sulfonamides is 1. The summed E-state index contributed by atoms with van der Waals surface area (Å²) < 4.78 is 42.8. The molecule has 2 amide bonds. The number of amides is 2. The Bertz CT molecular complexity index is 1480. The average molecular weight is 582 g/mol. The smallest absolute Gasteiger partial charge is 0.264 e. The van der Waals surface area contributed by atoms with Gasteiger partial charge in [-0.1, -0.05) is 54.4 Å². The second-order valence-corrected chi connectivity index (χ2v) is 13.3. The molecule has 0 fully saturated rings. The lowest BCUT2D eigenvalue weighted by Crippen LogP contribution is -2.55. The number of aryl methyl sites for hydroxylation is 3. The van der Waals surface area contributed by atoms with Gasteiger partial charge < -0.3 is 10.2 Å². The maximum atomic E-state index is 14.1. The lowest BCUT2D eigenvalue weighted by molar-refractivity contribution is -0.141. The van der Waals surface area contributed by atoms with Crippen LogP contribution in [0.3, 0.4) is 0 Å². The van der Waals surface area contributed by atoms with Gasteiger partial charge in [0.15, 0.2) is 0 Å². The zero-order valence-electron chi connectivity index (χ0n) is 24.9. The van der Waals surface area contributed by atoms with Crippen molar-refractivity contribution < 1.29 is 22.4 Å². The Labute approximate surface area is 243 Å². The lowest BCUT2D eigenvalue weighted by Gasteiger charge is -2.35. The molecule has 1 atom stereocenters. The molecule has 3 rings (SSSR count). The highest BCUT2D eigenvalue weighted by molar-refractivity contribution is 7.92. The molecule has 0 aliphatic carbocycles. The molecule has 1 unspecified atom stereocenters. The number of hydrogen-bond donors (Lipinski definition) is 1. The summed E-state index contributed by atoms with van der Waals surface area (Å²) in [6.45, 7) is 12.4. The quantitative estimate of drug-likeness (QED) is 0.334. The molecule has 7 nitrogen and oxygen atoms in total. The largest absolute Gasteiger partial charge is 0.350 e. The van der Waals surface area contributed by atoms with E-state index in [1.54, 1.807) is 50.2 Å². The Morgan fingerprint density at radius 1 is 0.902 bits per heavy atom. The van der Waals surface area contributed by atoms with Gasteiger partial charge in [-0.15, -0.1) is 0 Å². The summed E-state index contributed by atoms with van der Waals surface area (Å²) >= 11 is 0. The van der Waals surface area contributed by atoms with Crippen LogP contribution in [0.4, 0.5) is 10.1 Å². The first-order chi connectivity index (χ1) is 19.1. The predicted molar refractivity (Wildman–Crippen MR) is 161 cm³/mol. The number of benzene rings is 3. The number of halogens is 1. The van der Waals surface area contributed by atoms with E-state index in [0.717, 1.165) is 15.4 Å². The molecular weight excluding hydrogens is 541 g/mol. The molecule has 41 heavy (non-hydrogen) atoms. The first kappa shape index (κ1) is 31.8. The number of nitrogens with zero attached hydrogens (tertiary/aromatic N) is 2. The van der Waals surface area contributed by atoms with E-state index in [1.165, 1.54) is 29.2 Å². The minimum atomic E-state index is -4.16. The van der Waals surface area contributed by atoms with Gasteiger partial charge in [-0.2, -0.15) is 0 Å². The third-order valence-corrected chi connectivity index (χ3v) is 8.43. The van der Waals surface area contributed by atoms with Gasteiger partial charge in [-0.3, -0.25) is 13.9 Å². The number of rotatable bonds is 10. The first-order valence-electron chi connectivity index (χ1n) is 13.6. The van der Waals surface area contributed by atoms with Crippen molar-refractivity contribution in [1.82, 2.24) is 10.2 Å². The highest BCUT2D eigenvalue weighted by atomic mass is 32.2. The van der Waals surface area contributed by atoms with E-state index in [-0.39, 0.29) is 17.3 Å².